The number of hydrogen-bond acceptors (Lipinski definition) is 5. The number of aromatic nitrogens is 2. The second kappa shape index (κ2) is 11.5. The van der Waals surface area contributed by atoms with Gasteiger partial charge in [-0.25, -0.2) is 4.68 Å². The molecular formula is C27H35N3O3. The number of unbranched alkanes of at least 4 members (excludes halogenated alkanes) is 1. The molecule has 2 aromatic carbocycles. The number of ether oxygens (including phenoxy) is 2. The Hall–Kier alpha value is -2.67. The second-order valence-electron chi connectivity index (χ2n) is 8.77. The second-order valence-corrected chi connectivity index (χ2v) is 8.77. The van der Waals surface area contributed by atoms with Crippen LogP contribution in [0.4, 0.5) is 0 Å². The fourth-order valence-electron chi connectivity index (χ4n) is 3.94. The minimum absolute atomic E-state index is 0.374. The minimum Gasteiger partial charge on any atom is -0.439 e. The molecule has 0 radical (unpaired) electrons. The van der Waals surface area contributed by atoms with Crippen LogP contribution in [0.25, 0.3) is 5.69 Å². The lowest BCUT2D eigenvalue weighted by Crippen LogP contribution is -2.36. The molecule has 1 heterocycles. The Kier molecular flexibility index (Phi) is 8.15. The van der Waals surface area contributed by atoms with Crippen LogP contribution < -0.4 is 4.74 Å². The van der Waals surface area contributed by atoms with Crippen LogP contribution in [-0.2, 0) is 11.3 Å². The predicted molar refractivity (Wildman–Crippen MR) is 130 cm³/mol. The molecule has 1 atom stereocenters. The molecule has 0 aliphatic heterocycles. The van der Waals surface area contributed by atoms with Crippen molar-refractivity contribution < 1.29 is 14.6 Å². The standard InChI is InChI=1S/C27H35N3O3/c1-3-4-17-32-20-24(31)18-29(22-15-16-22)19-26-21(2)28-30(23-11-7-5-8-12-23)27(26)33-25-13-9-6-10-14-25/h5-14,22,24,31H,3-4,15-20H2,1-2H3/t24-/m0/s1. The van der Waals surface area contributed by atoms with Gasteiger partial charge in [-0.1, -0.05) is 49.7 Å². The van der Waals surface area contributed by atoms with E-state index in [1.807, 2.05) is 72.3 Å². The van der Waals surface area contributed by atoms with E-state index in [2.05, 4.69) is 11.8 Å². The zero-order valence-corrected chi connectivity index (χ0v) is 19.7. The van der Waals surface area contributed by atoms with Crippen molar-refractivity contribution in [1.82, 2.24) is 14.7 Å². The van der Waals surface area contributed by atoms with Crippen molar-refractivity contribution in [3.63, 3.8) is 0 Å². The number of rotatable bonds is 13. The van der Waals surface area contributed by atoms with Gasteiger partial charge in [0.25, 0.3) is 0 Å². The maximum absolute atomic E-state index is 10.6. The molecule has 1 fully saturated rings. The molecular weight excluding hydrogens is 414 g/mol. The summed E-state index contributed by atoms with van der Waals surface area (Å²) in [5.41, 5.74) is 2.94. The smallest absolute Gasteiger partial charge is 0.227 e. The summed E-state index contributed by atoms with van der Waals surface area (Å²) in [5.74, 6) is 1.50. The summed E-state index contributed by atoms with van der Waals surface area (Å²) < 4.78 is 13.9. The van der Waals surface area contributed by atoms with Gasteiger partial charge in [-0.2, -0.15) is 5.10 Å². The number of aryl methyl sites for hydroxylation is 1. The molecule has 0 unspecified atom stereocenters. The van der Waals surface area contributed by atoms with E-state index in [4.69, 9.17) is 14.6 Å². The van der Waals surface area contributed by atoms with Crippen LogP contribution in [0.2, 0.25) is 0 Å². The molecule has 176 valence electrons. The number of para-hydroxylation sites is 2. The molecule has 6 nitrogen and oxygen atoms in total. The van der Waals surface area contributed by atoms with Crippen molar-refractivity contribution in [2.75, 3.05) is 19.8 Å². The van der Waals surface area contributed by atoms with Crippen LogP contribution in [0.3, 0.4) is 0 Å². The number of aliphatic hydroxyl groups excluding tert-OH is 1. The summed E-state index contributed by atoms with van der Waals surface area (Å²) in [6, 6.07) is 20.4. The molecule has 6 heteroatoms. The summed E-state index contributed by atoms with van der Waals surface area (Å²) >= 11 is 0. The van der Waals surface area contributed by atoms with Crippen LogP contribution >= 0.6 is 0 Å². The molecule has 1 saturated carbocycles. The Morgan fingerprint density at radius 3 is 2.45 bits per heavy atom. The topological polar surface area (TPSA) is 59.8 Å². The van der Waals surface area contributed by atoms with E-state index in [0.29, 0.717) is 32.3 Å². The largest absolute Gasteiger partial charge is 0.439 e. The van der Waals surface area contributed by atoms with Crippen molar-refractivity contribution in [3.8, 4) is 17.3 Å². The van der Waals surface area contributed by atoms with E-state index in [-0.39, 0.29) is 0 Å². The highest BCUT2D eigenvalue weighted by atomic mass is 16.5. The fraction of sp³-hybridized carbons (Fsp3) is 0.444. The van der Waals surface area contributed by atoms with Crippen LogP contribution in [0, 0.1) is 6.92 Å². The predicted octanol–water partition coefficient (Wildman–Crippen LogP) is 5.12. The van der Waals surface area contributed by atoms with Crippen molar-refractivity contribution >= 4 is 0 Å². The lowest BCUT2D eigenvalue weighted by Gasteiger charge is -2.25. The van der Waals surface area contributed by atoms with Gasteiger partial charge in [0.05, 0.1) is 29.7 Å². The van der Waals surface area contributed by atoms with Gasteiger partial charge in [0.1, 0.15) is 5.75 Å². The Balaban J connectivity index is 1.57. The van der Waals surface area contributed by atoms with Gasteiger partial charge in [-0.3, -0.25) is 4.90 Å². The number of aliphatic hydroxyl groups is 1. The summed E-state index contributed by atoms with van der Waals surface area (Å²) in [4.78, 5) is 2.35. The highest BCUT2D eigenvalue weighted by molar-refractivity contribution is 5.43. The van der Waals surface area contributed by atoms with E-state index < -0.39 is 6.10 Å². The molecule has 3 aromatic rings. The molecule has 1 aliphatic carbocycles. The Morgan fingerprint density at radius 2 is 1.79 bits per heavy atom. The average Bonchev–Trinajstić information content (AvgIpc) is 3.64. The molecule has 1 N–H and O–H groups in total. The Labute approximate surface area is 196 Å². The van der Waals surface area contributed by atoms with E-state index in [0.717, 1.165) is 54.3 Å². The zero-order chi connectivity index (χ0) is 23.0. The first-order valence-electron chi connectivity index (χ1n) is 12.0. The van der Waals surface area contributed by atoms with Gasteiger partial charge in [-0.05, 0) is 50.5 Å². The monoisotopic (exact) mass is 449 g/mol. The van der Waals surface area contributed by atoms with Gasteiger partial charge in [0, 0.05) is 25.7 Å². The first-order chi connectivity index (χ1) is 16.2. The van der Waals surface area contributed by atoms with E-state index >= 15 is 0 Å². The number of benzene rings is 2. The molecule has 0 saturated heterocycles. The Morgan fingerprint density at radius 1 is 1.09 bits per heavy atom. The van der Waals surface area contributed by atoms with Gasteiger partial charge in [0.15, 0.2) is 0 Å². The SMILES string of the molecule is CCCCOC[C@@H](O)CN(Cc1c(C)nn(-c2ccccc2)c1Oc1ccccc1)C1CC1. The van der Waals surface area contributed by atoms with Crippen LogP contribution in [-0.4, -0.2) is 51.7 Å². The fourth-order valence-corrected chi connectivity index (χ4v) is 3.94. The van der Waals surface area contributed by atoms with Crippen molar-refractivity contribution in [3.05, 3.63) is 71.9 Å². The van der Waals surface area contributed by atoms with Crippen LogP contribution in [0.5, 0.6) is 11.6 Å². The van der Waals surface area contributed by atoms with Crippen LogP contribution in [0.15, 0.2) is 60.7 Å². The zero-order valence-electron chi connectivity index (χ0n) is 19.7. The number of hydrogen-bond donors (Lipinski definition) is 1. The maximum Gasteiger partial charge on any atom is 0.227 e. The first kappa shape index (κ1) is 23.5. The lowest BCUT2D eigenvalue weighted by molar-refractivity contribution is 0.0127. The van der Waals surface area contributed by atoms with Crippen molar-refractivity contribution in [2.24, 2.45) is 0 Å². The lowest BCUT2D eigenvalue weighted by atomic mass is 10.2. The Bertz CT molecular complexity index is 987. The van der Waals surface area contributed by atoms with E-state index in [9.17, 15) is 5.11 Å². The van der Waals surface area contributed by atoms with Gasteiger partial charge in [-0.15, -0.1) is 0 Å². The molecule has 0 spiro atoms. The molecule has 0 amide bonds. The summed E-state index contributed by atoms with van der Waals surface area (Å²) in [6.07, 6.45) is 3.93. The third-order valence-electron chi connectivity index (χ3n) is 5.92. The number of nitrogens with zero attached hydrogens (tertiary/aromatic N) is 3. The average molecular weight is 450 g/mol. The molecule has 33 heavy (non-hydrogen) atoms. The summed E-state index contributed by atoms with van der Waals surface area (Å²) in [5, 5.41) is 15.4. The minimum atomic E-state index is -0.509. The maximum atomic E-state index is 10.6. The summed E-state index contributed by atoms with van der Waals surface area (Å²) in [7, 11) is 0. The van der Waals surface area contributed by atoms with Gasteiger partial charge in [0.2, 0.25) is 5.88 Å². The van der Waals surface area contributed by atoms with Gasteiger partial charge >= 0.3 is 0 Å². The molecule has 1 aromatic heterocycles. The normalized spacial score (nSPS) is 14.5. The van der Waals surface area contributed by atoms with Crippen molar-refractivity contribution in [1.29, 1.82) is 0 Å². The van der Waals surface area contributed by atoms with E-state index in [1.54, 1.807) is 0 Å². The highest BCUT2D eigenvalue weighted by Crippen LogP contribution is 2.35. The molecule has 4 rings (SSSR count). The van der Waals surface area contributed by atoms with Crippen LogP contribution in [0.1, 0.15) is 43.9 Å². The molecule has 1 aliphatic rings. The van der Waals surface area contributed by atoms with E-state index in [1.165, 1.54) is 0 Å². The molecule has 0 bridgehead atoms. The first-order valence-corrected chi connectivity index (χ1v) is 12.0. The highest BCUT2D eigenvalue weighted by Gasteiger charge is 2.32. The van der Waals surface area contributed by atoms with Gasteiger partial charge < -0.3 is 14.6 Å². The van der Waals surface area contributed by atoms with Crippen molar-refractivity contribution in [2.45, 2.75) is 58.2 Å². The quantitative estimate of drug-likeness (QED) is 0.367. The third kappa shape index (κ3) is 6.44. The third-order valence-corrected chi connectivity index (χ3v) is 5.92. The summed E-state index contributed by atoms with van der Waals surface area (Å²) in [6.45, 7) is 6.51.